The minimum absolute atomic E-state index is 0.0280. The van der Waals surface area contributed by atoms with Crippen LogP contribution in [0.5, 0.6) is 0 Å². The monoisotopic (exact) mass is 472 g/mol. The van der Waals surface area contributed by atoms with Crippen LogP contribution in [0.1, 0.15) is 25.5 Å². The third-order valence-electron chi connectivity index (χ3n) is 4.32. The summed E-state index contributed by atoms with van der Waals surface area (Å²) in [5.74, 6) is -4.50. The summed E-state index contributed by atoms with van der Waals surface area (Å²) in [6, 6.07) is -4.92. The molecule has 0 aliphatic rings. The molecule has 0 spiro atoms. The first kappa shape index (κ1) is 26.9. The molecule has 0 aliphatic carbocycles. The average molecular weight is 473 g/mol. The molecule has 0 radical (unpaired) electrons. The van der Waals surface area contributed by atoms with Crippen molar-refractivity contribution < 1.29 is 34.2 Å². The number of nitrogens with two attached hydrogens (primary N) is 1. The van der Waals surface area contributed by atoms with Gasteiger partial charge in [-0.05, 0) is 25.4 Å². The Morgan fingerprint density at radius 3 is 2.25 bits per heavy atom. The van der Waals surface area contributed by atoms with E-state index in [0.717, 1.165) is 0 Å². The highest BCUT2D eigenvalue weighted by Crippen LogP contribution is 2.04. The number of aromatic nitrogens is 2. The smallest absolute Gasteiger partial charge is 0.325 e. The van der Waals surface area contributed by atoms with E-state index in [1.165, 1.54) is 31.2 Å². The van der Waals surface area contributed by atoms with E-state index in [2.05, 4.69) is 25.9 Å². The van der Waals surface area contributed by atoms with Crippen molar-refractivity contribution in [3.8, 4) is 0 Å². The molecule has 0 aliphatic heterocycles. The number of hydrogen-bond donors (Lipinski definition) is 7. The van der Waals surface area contributed by atoms with E-state index < -0.39 is 60.2 Å². The first-order valence-electron chi connectivity index (χ1n) is 9.62. The fraction of sp³-hybridized carbons (Fsp3) is 0.556. The van der Waals surface area contributed by atoms with E-state index in [-0.39, 0.29) is 6.42 Å². The number of carboxylic acids is 2. The lowest BCUT2D eigenvalue weighted by atomic mass is 10.1. The zero-order chi connectivity index (χ0) is 24.3. The van der Waals surface area contributed by atoms with E-state index in [9.17, 15) is 24.0 Å². The van der Waals surface area contributed by atoms with Crippen LogP contribution in [-0.2, 0) is 30.4 Å². The first-order valence-corrected chi connectivity index (χ1v) is 11.0. The second-order valence-electron chi connectivity index (χ2n) is 6.96. The molecular weight excluding hydrogens is 444 g/mol. The molecular formula is C18H28N6O7S. The first-order chi connectivity index (χ1) is 15.0. The van der Waals surface area contributed by atoms with Gasteiger partial charge >= 0.3 is 11.9 Å². The summed E-state index contributed by atoms with van der Waals surface area (Å²) < 4.78 is 0. The van der Waals surface area contributed by atoms with E-state index in [4.69, 9.17) is 15.9 Å². The molecule has 1 aromatic heterocycles. The average Bonchev–Trinajstić information content (AvgIpc) is 3.23. The fourth-order valence-electron chi connectivity index (χ4n) is 2.51. The second kappa shape index (κ2) is 13.3. The van der Waals surface area contributed by atoms with Crippen molar-refractivity contribution in [2.45, 2.75) is 50.4 Å². The quantitative estimate of drug-likeness (QED) is 0.159. The molecule has 4 unspecified atom stereocenters. The van der Waals surface area contributed by atoms with Gasteiger partial charge in [0.25, 0.3) is 0 Å². The predicted molar refractivity (Wildman–Crippen MR) is 115 cm³/mol. The summed E-state index contributed by atoms with van der Waals surface area (Å²) in [6.07, 6.45) is 4.24. The maximum Gasteiger partial charge on any atom is 0.325 e. The Balaban J connectivity index is 2.98. The molecule has 1 rings (SSSR count). The third kappa shape index (κ3) is 9.34. The molecule has 13 nitrogen and oxygen atoms in total. The molecule has 1 aromatic rings. The molecule has 4 atom stereocenters. The van der Waals surface area contributed by atoms with Crippen LogP contribution in [0.3, 0.4) is 0 Å². The molecule has 32 heavy (non-hydrogen) atoms. The highest BCUT2D eigenvalue weighted by molar-refractivity contribution is 7.98. The van der Waals surface area contributed by atoms with Crippen molar-refractivity contribution in [2.75, 3.05) is 12.0 Å². The number of aliphatic carboxylic acids is 2. The number of hydrogen-bond acceptors (Lipinski definition) is 8. The van der Waals surface area contributed by atoms with Gasteiger partial charge in [0.2, 0.25) is 17.7 Å². The minimum atomic E-state index is -1.56. The number of H-pyrrole nitrogens is 1. The zero-order valence-electron chi connectivity index (χ0n) is 17.7. The summed E-state index contributed by atoms with van der Waals surface area (Å²) in [5.41, 5.74) is 6.35. The van der Waals surface area contributed by atoms with E-state index in [0.29, 0.717) is 17.9 Å². The number of rotatable bonds is 14. The third-order valence-corrected chi connectivity index (χ3v) is 4.97. The Morgan fingerprint density at radius 2 is 1.72 bits per heavy atom. The van der Waals surface area contributed by atoms with Crippen LogP contribution >= 0.6 is 11.8 Å². The maximum absolute atomic E-state index is 12.9. The van der Waals surface area contributed by atoms with E-state index in [1.807, 2.05) is 6.26 Å². The van der Waals surface area contributed by atoms with Crippen LogP contribution in [0.25, 0.3) is 0 Å². The van der Waals surface area contributed by atoms with Gasteiger partial charge in [0, 0.05) is 18.3 Å². The number of amides is 3. The van der Waals surface area contributed by atoms with Crippen molar-refractivity contribution in [3.63, 3.8) is 0 Å². The van der Waals surface area contributed by atoms with Crippen LogP contribution in [0, 0.1) is 0 Å². The maximum atomic E-state index is 12.9. The van der Waals surface area contributed by atoms with Gasteiger partial charge in [0.15, 0.2) is 0 Å². The number of carbonyl (C=O) groups excluding carboxylic acids is 3. The number of thioether (sulfide) groups is 1. The summed E-state index contributed by atoms with van der Waals surface area (Å²) in [7, 11) is 0. The number of imidazole rings is 1. The molecule has 0 saturated carbocycles. The molecule has 8 N–H and O–H groups in total. The zero-order valence-corrected chi connectivity index (χ0v) is 18.5. The standard InChI is InChI=1S/C18H28N6O7S/c1-9(18(30)31)22-16(28)13(6-14(25)26)24-17(29)12(5-10-7-20-8-21-10)23-15(27)11(19)3-4-32-2/h7-9,11-13H,3-6,19H2,1-2H3,(H,20,21)(H,22,28)(H,23,27)(H,24,29)(H,25,26)(H,30,31). The number of nitrogens with one attached hydrogen (secondary N) is 4. The molecule has 0 bridgehead atoms. The van der Waals surface area contributed by atoms with Gasteiger partial charge in [-0.3, -0.25) is 24.0 Å². The summed E-state index contributed by atoms with van der Waals surface area (Å²) in [5, 5.41) is 24.9. The topological polar surface area (TPSA) is 217 Å². The Bertz CT molecular complexity index is 804. The number of nitrogens with zero attached hydrogens (tertiary/aromatic N) is 1. The minimum Gasteiger partial charge on any atom is -0.481 e. The van der Waals surface area contributed by atoms with Gasteiger partial charge in [0.05, 0.1) is 18.8 Å². The van der Waals surface area contributed by atoms with Gasteiger partial charge in [-0.1, -0.05) is 0 Å². The van der Waals surface area contributed by atoms with Gasteiger partial charge in [-0.2, -0.15) is 11.8 Å². The largest absolute Gasteiger partial charge is 0.481 e. The van der Waals surface area contributed by atoms with Crippen LogP contribution < -0.4 is 21.7 Å². The molecule has 1 heterocycles. The highest BCUT2D eigenvalue weighted by Gasteiger charge is 2.31. The van der Waals surface area contributed by atoms with E-state index >= 15 is 0 Å². The normalized spacial score (nSPS) is 14.5. The Kier molecular flexibility index (Phi) is 11.2. The lowest BCUT2D eigenvalue weighted by Gasteiger charge is -2.24. The van der Waals surface area contributed by atoms with Crippen molar-refractivity contribution in [1.29, 1.82) is 0 Å². The van der Waals surface area contributed by atoms with Gasteiger partial charge in [-0.25, -0.2) is 4.98 Å². The molecule has 3 amide bonds. The van der Waals surface area contributed by atoms with E-state index in [1.54, 1.807) is 0 Å². The molecule has 14 heteroatoms. The van der Waals surface area contributed by atoms with Gasteiger partial charge < -0.3 is 36.9 Å². The number of carbonyl (C=O) groups is 5. The summed E-state index contributed by atoms with van der Waals surface area (Å²) in [4.78, 5) is 66.4. The Morgan fingerprint density at radius 1 is 1.09 bits per heavy atom. The van der Waals surface area contributed by atoms with Crippen LogP contribution in [0.15, 0.2) is 12.5 Å². The SMILES string of the molecule is CSCCC(N)C(=O)NC(Cc1cnc[nH]1)C(=O)NC(CC(=O)O)C(=O)NC(C)C(=O)O. The predicted octanol–water partition coefficient (Wildman–Crippen LogP) is -1.93. The van der Waals surface area contributed by atoms with Crippen LogP contribution in [0.2, 0.25) is 0 Å². The van der Waals surface area contributed by atoms with Crippen molar-refractivity contribution in [3.05, 3.63) is 18.2 Å². The Hall–Kier alpha value is -3.13. The summed E-state index contributed by atoms with van der Waals surface area (Å²) in [6.45, 7) is 1.19. The second-order valence-corrected chi connectivity index (χ2v) is 7.94. The lowest BCUT2D eigenvalue weighted by molar-refractivity contribution is -0.143. The van der Waals surface area contributed by atoms with Crippen molar-refractivity contribution in [2.24, 2.45) is 5.73 Å². The molecule has 0 aromatic carbocycles. The van der Waals surface area contributed by atoms with Crippen molar-refractivity contribution in [1.82, 2.24) is 25.9 Å². The van der Waals surface area contributed by atoms with Gasteiger partial charge in [-0.15, -0.1) is 0 Å². The molecule has 178 valence electrons. The lowest BCUT2D eigenvalue weighted by Crippen LogP contribution is -2.57. The molecule has 0 fully saturated rings. The van der Waals surface area contributed by atoms with Crippen LogP contribution in [0.4, 0.5) is 0 Å². The highest BCUT2D eigenvalue weighted by atomic mass is 32.2. The van der Waals surface area contributed by atoms with Crippen LogP contribution in [-0.4, -0.2) is 86.0 Å². The fourth-order valence-corrected chi connectivity index (χ4v) is 3.00. The summed E-state index contributed by atoms with van der Waals surface area (Å²) >= 11 is 1.51. The van der Waals surface area contributed by atoms with Gasteiger partial charge in [0.1, 0.15) is 18.1 Å². The van der Waals surface area contributed by atoms with Crippen molar-refractivity contribution >= 4 is 41.4 Å². The number of aromatic amines is 1. The molecule has 0 saturated heterocycles. The number of carboxylic acid groups (broad SMARTS) is 2. The Labute approximate surface area is 188 Å².